The zero-order valence-electron chi connectivity index (χ0n) is 14.8. The molecule has 132 valence electrons. The number of pyridine rings is 1. The van der Waals surface area contributed by atoms with Crippen LogP contribution in [-0.2, 0) is 5.41 Å². The van der Waals surface area contributed by atoms with Crippen molar-refractivity contribution in [2.75, 3.05) is 19.6 Å². The van der Waals surface area contributed by atoms with E-state index in [1.165, 1.54) is 25.9 Å². The first-order valence-electron chi connectivity index (χ1n) is 9.41. The van der Waals surface area contributed by atoms with Crippen molar-refractivity contribution in [3.63, 3.8) is 0 Å². The van der Waals surface area contributed by atoms with Gasteiger partial charge in [0.1, 0.15) is 0 Å². The third-order valence-corrected chi connectivity index (χ3v) is 5.76. The normalized spacial score (nSPS) is 25.2. The molecule has 2 fully saturated rings. The molecule has 0 atom stereocenters. The summed E-state index contributed by atoms with van der Waals surface area (Å²) in [6.07, 6.45) is 6.56. The summed E-state index contributed by atoms with van der Waals surface area (Å²) < 4.78 is 5.73. The second kappa shape index (κ2) is 6.32. The van der Waals surface area contributed by atoms with Gasteiger partial charge in [-0.2, -0.15) is 4.98 Å². The van der Waals surface area contributed by atoms with Crippen LogP contribution in [0.1, 0.15) is 31.6 Å². The molecule has 5 rings (SSSR count). The van der Waals surface area contributed by atoms with Crippen molar-refractivity contribution in [3.8, 4) is 22.6 Å². The molecule has 26 heavy (non-hydrogen) atoms. The van der Waals surface area contributed by atoms with E-state index in [-0.39, 0.29) is 5.41 Å². The van der Waals surface area contributed by atoms with Gasteiger partial charge in [0, 0.05) is 23.9 Å². The number of aromatic nitrogens is 3. The molecular formula is C21H22N4O. The molecule has 0 N–H and O–H groups in total. The van der Waals surface area contributed by atoms with Crippen molar-refractivity contribution < 1.29 is 4.52 Å². The first-order chi connectivity index (χ1) is 12.8. The highest BCUT2D eigenvalue weighted by Gasteiger charge is 2.44. The fourth-order valence-corrected chi connectivity index (χ4v) is 4.41. The molecule has 5 nitrogen and oxygen atoms in total. The Morgan fingerprint density at radius 3 is 2.46 bits per heavy atom. The lowest BCUT2D eigenvalue weighted by atomic mass is 9.73. The Morgan fingerprint density at radius 1 is 0.923 bits per heavy atom. The van der Waals surface area contributed by atoms with Gasteiger partial charge in [-0.1, -0.05) is 35.5 Å². The molecule has 2 aliphatic rings. The number of fused-ring (bicyclic) bond motifs is 2. The van der Waals surface area contributed by atoms with E-state index in [0.717, 1.165) is 42.1 Å². The van der Waals surface area contributed by atoms with Crippen LogP contribution in [0.2, 0.25) is 0 Å². The summed E-state index contributed by atoms with van der Waals surface area (Å²) in [6, 6.07) is 14.2. The SMILES string of the molecule is c1ccc(-c2ccc(-c3noc(C45CCCN(CCC4)C5)n3)cn2)cc1. The van der Waals surface area contributed by atoms with Gasteiger partial charge >= 0.3 is 0 Å². The monoisotopic (exact) mass is 346 g/mol. The van der Waals surface area contributed by atoms with Gasteiger partial charge < -0.3 is 9.42 Å². The maximum Gasteiger partial charge on any atom is 0.234 e. The van der Waals surface area contributed by atoms with Crippen molar-refractivity contribution in [1.29, 1.82) is 0 Å². The van der Waals surface area contributed by atoms with Gasteiger partial charge in [-0.3, -0.25) is 4.98 Å². The second-order valence-electron chi connectivity index (χ2n) is 7.48. The molecule has 0 radical (unpaired) electrons. The van der Waals surface area contributed by atoms with E-state index >= 15 is 0 Å². The van der Waals surface area contributed by atoms with Gasteiger partial charge in [0.25, 0.3) is 0 Å². The highest BCUT2D eigenvalue weighted by atomic mass is 16.5. The van der Waals surface area contributed by atoms with E-state index in [9.17, 15) is 0 Å². The van der Waals surface area contributed by atoms with Gasteiger partial charge in [-0.15, -0.1) is 0 Å². The summed E-state index contributed by atoms with van der Waals surface area (Å²) >= 11 is 0. The standard InChI is InChI=1S/C21H22N4O/c1-2-6-16(7-3-1)18-9-8-17(14-22-18)19-23-20(26-24-19)21-10-4-12-25(15-21)13-5-11-21/h1-3,6-9,14H,4-5,10-13,15H2. The van der Waals surface area contributed by atoms with Crippen LogP contribution in [0.15, 0.2) is 53.2 Å². The Bertz CT molecular complexity index is 878. The molecule has 0 unspecified atom stereocenters. The van der Waals surface area contributed by atoms with E-state index in [1.807, 2.05) is 36.5 Å². The highest BCUT2D eigenvalue weighted by molar-refractivity contribution is 5.62. The van der Waals surface area contributed by atoms with E-state index in [2.05, 4.69) is 27.2 Å². The number of hydrogen-bond donors (Lipinski definition) is 0. The predicted octanol–water partition coefficient (Wildman–Crippen LogP) is 3.93. The molecular weight excluding hydrogens is 324 g/mol. The van der Waals surface area contributed by atoms with Gasteiger partial charge in [0.05, 0.1) is 11.1 Å². The molecule has 5 heteroatoms. The Labute approximate surface area is 153 Å². The summed E-state index contributed by atoms with van der Waals surface area (Å²) in [5.41, 5.74) is 3.02. The van der Waals surface area contributed by atoms with Crippen LogP contribution in [0.3, 0.4) is 0 Å². The maximum absolute atomic E-state index is 5.73. The Kier molecular flexibility index (Phi) is 3.82. The lowest BCUT2D eigenvalue weighted by molar-refractivity contribution is 0.0711. The third-order valence-electron chi connectivity index (χ3n) is 5.76. The van der Waals surface area contributed by atoms with Gasteiger partial charge in [-0.25, -0.2) is 0 Å². The summed E-state index contributed by atoms with van der Waals surface area (Å²) in [6.45, 7) is 3.46. The zero-order chi connectivity index (χ0) is 17.4. The fraction of sp³-hybridized carbons (Fsp3) is 0.381. The largest absolute Gasteiger partial charge is 0.338 e. The smallest absolute Gasteiger partial charge is 0.234 e. The van der Waals surface area contributed by atoms with E-state index in [0.29, 0.717) is 5.82 Å². The molecule has 1 aromatic carbocycles. The fourth-order valence-electron chi connectivity index (χ4n) is 4.41. The van der Waals surface area contributed by atoms with E-state index in [1.54, 1.807) is 0 Å². The lowest BCUT2D eigenvalue weighted by Crippen LogP contribution is -2.50. The quantitative estimate of drug-likeness (QED) is 0.719. The number of hydrogen-bond acceptors (Lipinski definition) is 5. The number of nitrogens with zero attached hydrogens (tertiary/aromatic N) is 4. The Hall–Kier alpha value is -2.53. The minimum Gasteiger partial charge on any atom is -0.338 e. The molecule has 3 aromatic rings. The van der Waals surface area contributed by atoms with Crippen LogP contribution < -0.4 is 0 Å². The molecule has 0 aliphatic carbocycles. The van der Waals surface area contributed by atoms with Crippen molar-refractivity contribution in [1.82, 2.24) is 20.0 Å². The molecule has 2 aromatic heterocycles. The van der Waals surface area contributed by atoms with Crippen molar-refractivity contribution in [3.05, 3.63) is 54.6 Å². The topological polar surface area (TPSA) is 55.1 Å². The van der Waals surface area contributed by atoms with Gasteiger partial charge in [0.15, 0.2) is 0 Å². The van der Waals surface area contributed by atoms with Crippen LogP contribution in [0.5, 0.6) is 0 Å². The van der Waals surface area contributed by atoms with Crippen LogP contribution in [-0.4, -0.2) is 39.7 Å². The second-order valence-corrected chi connectivity index (χ2v) is 7.48. The first kappa shape index (κ1) is 15.7. The van der Waals surface area contributed by atoms with E-state index in [4.69, 9.17) is 9.51 Å². The number of rotatable bonds is 3. The molecule has 0 saturated carbocycles. The van der Waals surface area contributed by atoms with Gasteiger partial charge in [0.2, 0.25) is 11.7 Å². The van der Waals surface area contributed by atoms with Gasteiger partial charge in [-0.05, 0) is 50.9 Å². The van der Waals surface area contributed by atoms with Crippen LogP contribution in [0.25, 0.3) is 22.6 Å². The molecule has 2 saturated heterocycles. The average Bonchev–Trinajstić information content (AvgIpc) is 3.20. The maximum atomic E-state index is 5.73. The van der Waals surface area contributed by atoms with Crippen LogP contribution in [0, 0.1) is 0 Å². The highest BCUT2D eigenvalue weighted by Crippen LogP contribution is 2.40. The van der Waals surface area contributed by atoms with Crippen molar-refractivity contribution in [2.24, 2.45) is 0 Å². The molecule has 2 aliphatic heterocycles. The summed E-state index contributed by atoms with van der Waals surface area (Å²) in [5, 5.41) is 4.26. The molecule has 4 heterocycles. The Balaban J connectivity index is 1.42. The average molecular weight is 346 g/mol. The number of piperidine rings is 2. The predicted molar refractivity (Wildman–Crippen MR) is 99.6 cm³/mol. The van der Waals surface area contributed by atoms with Crippen molar-refractivity contribution in [2.45, 2.75) is 31.1 Å². The Morgan fingerprint density at radius 2 is 1.73 bits per heavy atom. The molecule has 0 amide bonds. The number of benzene rings is 1. The molecule has 0 spiro atoms. The minimum absolute atomic E-state index is 0.0547. The minimum atomic E-state index is 0.0547. The lowest BCUT2D eigenvalue weighted by Gasteiger charge is -2.44. The zero-order valence-corrected chi connectivity index (χ0v) is 14.8. The van der Waals surface area contributed by atoms with E-state index < -0.39 is 0 Å². The third kappa shape index (κ3) is 2.72. The van der Waals surface area contributed by atoms with Crippen molar-refractivity contribution >= 4 is 0 Å². The summed E-state index contributed by atoms with van der Waals surface area (Å²) in [5.74, 6) is 1.45. The van der Waals surface area contributed by atoms with Crippen LogP contribution >= 0.6 is 0 Å². The van der Waals surface area contributed by atoms with Crippen LogP contribution in [0.4, 0.5) is 0 Å². The summed E-state index contributed by atoms with van der Waals surface area (Å²) in [4.78, 5) is 11.9. The first-order valence-corrected chi connectivity index (χ1v) is 9.41. The molecule has 2 bridgehead atoms. The summed E-state index contributed by atoms with van der Waals surface area (Å²) in [7, 11) is 0.